The van der Waals surface area contributed by atoms with Crippen molar-refractivity contribution in [2.45, 2.75) is 44.8 Å². The first-order valence-electron chi connectivity index (χ1n) is 6.13. The third kappa shape index (κ3) is 2.99. The molecular weight excluding hydrogens is 216 g/mol. The van der Waals surface area contributed by atoms with Gasteiger partial charge in [0.2, 0.25) is 0 Å². The SMILES string of the molecule is CCC[C@H](O)[C@@](O)(CC)c1ccc(OC)cc1. The second-order valence-electron chi connectivity index (χ2n) is 4.31. The Morgan fingerprint density at radius 1 is 1.24 bits per heavy atom. The van der Waals surface area contributed by atoms with Crippen LogP contribution in [0.1, 0.15) is 38.7 Å². The van der Waals surface area contributed by atoms with E-state index in [1.165, 1.54) is 0 Å². The molecule has 1 aromatic carbocycles. The van der Waals surface area contributed by atoms with E-state index in [9.17, 15) is 10.2 Å². The maximum Gasteiger partial charge on any atom is 0.118 e. The van der Waals surface area contributed by atoms with E-state index in [-0.39, 0.29) is 0 Å². The molecule has 0 aliphatic carbocycles. The summed E-state index contributed by atoms with van der Waals surface area (Å²) in [5.74, 6) is 0.747. The predicted molar refractivity (Wildman–Crippen MR) is 68.1 cm³/mol. The molecule has 96 valence electrons. The van der Waals surface area contributed by atoms with Gasteiger partial charge in [-0.1, -0.05) is 32.4 Å². The molecule has 1 rings (SSSR count). The molecule has 0 aliphatic rings. The molecule has 1 aromatic rings. The first-order chi connectivity index (χ1) is 8.08. The van der Waals surface area contributed by atoms with E-state index >= 15 is 0 Å². The summed E-state index contributed by atoms with van der Waals surface area (Å²) in [6, 6.07) is 7.21. The van der Waals surface area contributed by atoms with Crippen LogP contribution in [0, 0.1) is 0 Å². The Bertz CT molecular complexity index is 334. The zero-order valence-corrected chi connectivity index (χ0v) is 10.8. The Morgan fingerprint density at radius 3 is 2.24 bits per heavy atom. The van der Waals surface area contributed by atoms with Crippen LogP contribution in [0.4, 0.5) is 0 Å². The van der Waals surface area contributed by atoms with Crippen LogP contribution in [0.5, 0.6) is 5.75 Å². The molecular formula is C14H22O3. The standard InChI is InChI=1S/C14H22O3/c1-4-6-13(15)14(16,5-2)11-7-9-12(17-3)10-8-11/h7-10,13,15-16H,4-6H2,1-3H3/t13-,14+/m0/s1. The van der Waals surface area contributed by atoms with Gasteiger partial charge in [0.1, 0.15) is 11.4 Å². The number of hydrogen-bond donors (Lipinski definition) is 2. The van der Waals surface area contributed by atoms with Crippen molar-refractivity contribution in [3.63, 3.8) is 0 Å². The van der Waals surface area contributed by atoms with Gasteiger partial charge in [0.05, 0.1) is 13.2 Å². The van der Waals surface area contributed by atoms with Crippen molar-refractivity contribution in [1.82, 2.24) is 0 Å². The lowest BCUT2D eigenvalue weighted by molar-refractivity contribution is -0.0866. The molecule has 3 heteroatoms. The Morgan fingerprint density at radius 2 is 1.82 bits per heavy atom. The minimum absolute atomic E-state index is 0.487. The zero-order valence-electron chi connectivity index (χ0n) is 10.8. The summed E-state index contributed by atoms with van der Waals surface area (Å²) in [6.45, 7) is 3.87. The van der Waals surface area contributed by atoms with Gasteiger partial charge in [0, 0.05) is 0 Å². The number of aliphatic hydroxyl groups excluding tert-OH is 1. The van der Waals surface area contributed by atoms with Gasteiger partial charge in [-0.2, -0.15) is 0 Å². The smallest absolute Gasteiger partial charge is 0.118 e. The Labute approximate surface area is 103 Å². The summed E-state index contributed by atoms with van der Waals surface area (Å²) < 4.78 is 5.08. The molecule has 0 spiro atoms. The normalized spacial score (nSPS) is 16.3. The van der Waals surface area contributed by atoms with Crippen LogP contribution in [0.15, 0.2) is 24.3 Å². The minimum atomic E-state index is -1.16. The molecule has 0 saturated carbocycles. The predicted octanol–water partition coefficient (Wildman–Crippen LogP) is 2.45. The molecule has 0 saturated heterocycles. The van der Waals surface area contributed by atoms with Crippen LogP contribution in [0.25, 0.3) is 0 Å². The highest BCUT2D eigenvalue weighted by molar-refractivity contribution is 5.31. The molecule has 0 aromatic heterocycles. The number of ether oxygens (including phenoxy) is 1. The van der Waals surface area contributed by atoms with Crippen molar-refractivity contribution in [3.8, 4) is 5.75 Å². The number of benzene rings is 1. The fourth-order valence-corrected chi connectivity index (χ4v) is 2.02. The summed E-state index contributed by atoms with van der Waals surface area (Å²) in [7, 11) is 1.60. The third-order valence-corrected chi connectivity index (χ3v) is 3.24. The van der Waals surface area contributed by atoms with Crippen molar-refractivity contribution < 1.29 is 14.9 Å². The van der Waals surface area contributed by atoms with E-state index in [4.69, 9.17) is 4.74 Å². The van der Waals surface area contributed by atoms with Gasteiger partial charge in [0.25, 0.3) is 0 Å². The first-order valence-corrected chi connectivity index (χ1v) is 6.13. The fraction of sp³-hybridized carbons (Fsp3) is 0.571. The number of rotatable bonds is 6. The van der Waals surface area contributed by atoms with Crippen molar-refractivity contribution in [1.29, 1.82) is 0 Å². The molecule has 3 nitrogen and oxygen atoms in total. The number of methoxy groups -OCH3 is 1. The number of aliphatic hydroxyl groups is 2. The van der Waals surface area contributed by atoms with Crippen LogP contribution in [-0.2, 0) is 5.60 Å². The van der Waals surface area contributed by atoms with E-state index in [1.54, 1.807) is 31.4 Å². The average molecular weight is 238 g/mol. The molecule has 0 radical (unpaired) electrons. The quantitative estimate of drug-likeness (QED) is 0.800. The van der Waals surface area contributed by atoms with Gasteiger partial charge in [0.15, 0.2) is 0 Å². The minimum Gasteiger partial charge on any atom is -0.497 e. The van der Waals surface area contributed by atoms with E-state index in [2.05, 4.69) is 0 Å². The molecule has 0 bridgehead atoms. The van der Waals surface area contributed by atoms with Crippen molar-refractivity contribution in [3.05, 3.63) is 29.8 Å². The van der Waals surface area contributed by atoms with Crippen molar-refractivity contribution in [2.75, 3.05) is 7.11 Å². The number of hydrogen-bond acceptors (Lipinski definition) is 3. The summed E-state index contributed by atoms with van der Waals surface area (Å²) in [6.07, 6.45) is 1.20. The lowest BCUT2D eigenvalue weighted by atomic mass is 9.84. The maximum absolute atomic E-state index is 10.6. The van der Waals surface area contributed by atoms with Crippen LogP contribution in [-0.4, -0.2) is 23.4 Å². The molecule has 2 atom stereocenters. The molecule has 17 heavy (non-hydrogen) atoms. The Balaban J connectivity index is 2.98. The zero-order chi connectivity index (χ0) is 12.9. The summed E-state index contributed by atoms with van der Waals surface area (Å²) in [4.78, 5) is 0. The van der Waals surface area contributed by atoms with Gasteiger partial charge in [-0.15, -0.1) is 0 Å². The summed E-state index contributed by atoms with van der Waals surface area (Å²) in [5.41, 5.74) is -0.427. The average Bonchev–Trinajstić information content (AvgIpc) is 2.38. The molecule has 2 N–H and O–H groups in total. The van der Waals surface area contributed by atoms with E-state index in [1.807, 2.05) is 13.8 Å². The molecule has 0 amide bonds. The molecule has 0 aliphatic heterocycles. The van der Waals surface area contributed by atoms with Gasteiger partial charge < -0.3 is 14.9 Å². The van der Waals surface area contributed by atoms with Crippen LogP contribution >= 0.6 is 0 Å². The van der Waals surface area contributed by atoms with Gasteiger partial charge >= 0.3 is 0 Å². The van der Waals surface area contributed by atoms with Gasteiger partial charge in [-0.3, -0.25) is 0 Å². The topological polar surface area (TPSA) is 49.7 Å². The monoisotopic (exact) mass is 238 g/mol. The first kappa shape index (κ1) is 14.0. The van der Waals surface area contributed by atoms with Crippen LogP contribution in [0.2, 0.25) is 0 Å². The third-order valence-electron chi connectivity index (χ3n) is 3.24. The molecule has 0 heterocycles. The maximum atomic E-state index is 10.6. The van der Waals surface area contributed by atoms with E-state index in [0.29, 0.717) is 12.8 Å². The fourth-order valence-electron chi connectivity index (χ4n) is 2.02. The largest absolute Gasteiger partial charge is 0.497 e. The summed E-state index contributed by atoms with van der Waals surface area (Å²) in [5, 5.41) is 20.6. The highest BCUT2D eigenvalue weighted by Crippen LogP contribution is 2.32. The van der Waals surface area contributed by atoms with Crippen LogP contribution < -0.4 is 4.74 Å². The van der Waals surface area contributed by atoms with Crippen molar-refractivity contribution in [2.24, 2.45) is 0 Å². The van der Waals surface area contributed by atoms with Crippen LogP contribution in [0.3, 0.4) is 0 Å². The summed E-state index contributed by atoms with van der Waals surface area (Å²) >= 11 is 0. The lowest BCUT2D eigenvalue weighted by Gasteiger charge is -2.32. The van der Waals surface area contributed by atoms with Gasteiger partial charge in [-0.05, 0) is 30.5 Å². The van der Waals surface area contributed by atoms with E-state index < -0.39 is 11.7 Å². The molecule has 0 fully saturated rings. The molecule has 0 unspecified atom stereocenters. The second kappa shape index (κ2) is 6.03. The lowest BCUT2D eigenvalue weighted by Crippen LogP contribution is -2.38. The van der Waals surface area contributed by atoms with Crippen molar-refractivity contribution >= 4 is 0 Å². The van der Waals surface area contributed by atoms with E-state index in [0.717, 1.165) is 17.7 Å². The second-order valence-corrected chi connectivity index (χ2v) is 4.31. The highest BCUT2D eigenvalue weighted by Gasteiger charge is 2.34. The Hall–Kier alpha value is -1.06. The van der Waals surface area contributed by atoms with Gasteiger partial charge in [-0.25, -0.2) is 0 Å². The highest BCUT2D eigenvalue weighted by atomic mass is 16.5. The Kier molecular flexibility index (Phi) is 4.97.